The van der Waals surface area contributed by atoms with Crippen LogP contribution in [0.1, 0.15) is 0 Å². The zero-order valence-corrected chi connectivity index (χ0v) is 8.88. The molecule has 0 saturated carbocycles. The number of fused-ring (bicyclic) bond motifs is 1. The maximum Gasteiger partial charge on any atom is 0.165 e. The topological polar surface area (TPSA) is 59.1 Å². The van der Waals surface area contributed by atoms with E-state index in [-0.39, 0.29) is 30.6 Å². The summed E-state index contributed by atoms with van der Waals surface area (Å²) in [7, 11) is 0. The first-order valence-electron chi connectivity index (χ1n) is 3.09. The number of aromatic nitrogens is 1. The Kier molecular flexibility index (Phi) is 4.26. The molecule has 3 N–H and O–H groups in total. The van der Waals surface area contributed by atoms with Crippen LogP contribution >= 0.6 is 36.2 Å². The molecule has 0 fully saturated rings. The van der Waals surface area contributed by atoms with E-state index in [1.165, 1.54) is 11.3 Å². The average molecular weight is 239 g/mol. The van der Waals surface area contributed by atoms with Gasteiger partial charge in [0.1, 0.15) is 5.52 Å². The maximum absolute atomic E-state index is 9.37. The van der Waals surface area contributed by atoms with Crippen molar-refractivity contribution in [2.75, 3.05) is 5.73 Å². The zero-order chi connectivity index (χ0) is 7.84. The predicted molar refractivity (Wildman–Crippen MR) is 60.2 cm³/mol. The Morgan fingerprint density at radius 2 is 2.00 bits per heavy atom. The van der Waals surface area contributed by atoms with Gasteiger partial charge in [0.2, 0.25) is 0 Å². The number of phenolic OH excluding ortho intramolecular Hbond substituents is 1. The molecule has 0 bridgehead atoms. The number of aromatic hydroxyl groups is 1. The fourth-order valence-corrected chi connectivity index (χ4v) is 1.61. The first-order chi connectivity index (χ1) is 5.29. The van der Waals surface area contributed by atoms with Gasteiger partial charge in [-0.2, -0.15) is 0 Å². The van der Waals surface area contributed by atoms with Gasteiger partial charge in [-0.05, 0) is 12.1 Å². The summed E-state index contributed by atoms with van der Waals surface area (Å²) in [5, 5.41) is 9.37. The summed E-state index contributed by atoms with van der Waals surface area (Å²) in [5.41, 5.74) is 8.11. The molecule has 2 rings (SSSR count). The van der Waals surface area contributed by atoms with E-state index >= 15 is 0 Å². The molecule has 0 amide bonds. The van der Waals surface area contributed by atoms with Crippen LogP contribution in [0.4, 0.5) is 5.69 Å². The number of rotatable bonds is 0. The van der Waals surface area contributed by atoms with Gasteiger partial charge in [0.15, 0.2) is 5.75 Å². The number of halogens is 2. The van der Waals surface area contributed by atoms with Gasteiger partial charge in [0.05, 0.1) is 15.9 Å². The van der Waals surface area contributed by atoms with E-state index < -0.39 is 0 Å². The Balaban J connectivity index is 0.000000720. The molecule has 0 aliphatic rings. The van der Waals surface area contributed by atoms with E-state index in [1.54, 1.807) is 11.6 Å². The summed E-state index contributed by atoms with van der Waals surface area (Å²) >= 11 is 1.48. The molecule has 6 heteroatoms. The minimum absolute atomic E-state index is 0. The molecule has 0 aliphatic heterocycles. The van der Waals surface area contributed by atoms with Gasteiger partial charge in [-0.25, -0.2) is 4.98 Å². The molecular formula is C7H8Cl2N2OS. The number of nitrogen functional groups attached to an aromatic ring is 1. The fraction of sp³-hybridized carbons (Fsp3) is 0. The molecule has 1 heterocycles. The van der Waals surface area contributed by atoms with Crippen molar-refractivity contribution in [3.05, 3.63) is 17.6 Å². The van der Waals surface area contributed by atoms with Gasteiger partial charge < -0.3 is 10.8 Å². The number of hydrogen-bond acceptors (Lipinski definition) is 4. The van der Waals surface area contributed by atoms with Gasteiger partial charge >= 0.3 is 0 Å². The summed E-state index contributed by atoms with van der Waals surface area (Å²) in [5.74, 6) is 0.0868. The van der Waals surface area contributed by atoms with Gasteiger partial charge in [-0.15, -0.1) is 36.2 Å². The summed E-state index contributed by atoms with van der Waals surface area (Å²) in [4.78, 5) is 3.97. The highest BCUT2D eigenvalue weighted by Gasteiger charge is 2.04. The Bertz CT molecular complexity index is 404. The Morgan fingerprint density at radius 3 is 2.69 bits per heavy atom. The van der Waals surface area contributed by atoms with Gasteiger partial charge in [-0.3, -0.25) is 0 Å². The molecule has 0 atom stereocenters. The van der Waals surface area contributed by atoms with Crippen molar-refractivity contribution >= 4 is 52.1 Å². The molecule has 1 aromatic heterocycles. The summed E-state index contributed by atoms with van der Waals surface area (Å²) < 4.78 is 0.955. The molecule has 13 heavy (non-hydrogen) atoms. The lowest BCUT2D eigenvalue weighted by Gasteiger charge is -1.96. The van der Waals surface area contributed by atoms with E-state index in [4.69, 9.17) is 5.73 Å². The minimum atomic E-state index is 0. The number of nitrogens with zero attached hydrogens (tertiary/aromatic N) is 1. The maximum atomic E-state index is 9.37. The molecule has 0 unspecified atom stereocenters. The van der Waals surface area contributed by atoms with E-state index in [0.717, 1.165) is 4.70 Å². The Morgan fingerprint density at radius 1 is 1.31 bits per heavy atom. The lowest BCUT2D eigenvalue weighted by Crippen LogP contribution is -1.84. The monoisotopic (exact) mass is 238 g/mol. The van der Waals surface area contributed by atoms with Crippen LogP contribution in [0.3, 0.4) is 0 Å². The summed E-state index contributed by atoms with van der Waals surface area (Å²) in [6.45, 7) is 0. The lowest BCUT2D eigenvalue weighted by molar-refractivity contribution is 0.483. The van der Waals surface area contributed by atoms with Crippen LogP contribution in [0.2, 0.25) is 0 Å². The van der Waals surface area contributed by atoms with Crippen molar-refractivity contribution in [3.63, 3.8) is 0 Å². The first kappa shape index (κ1) is 12.3. The number of anilines is 1. The molecule has 0 radical (unpaired) electrons. The molecule has 0 aliphatic carbocycles. The second-order valence-corrected chi connectivity index (χ2v) is 3.09. The van der Waals surface area contributed by atoms with E-state index in [9.17, 15) is 5.11 Å². The highest BCUT2D eigenvalue weighted by molar-refractivity contribution is 7.16. The number of thiazole rings is 1. The van der Waals surface area contributed by atoms with Gasteiger partial charge in [0.25, 0.3) is 0 Å². The third-order valence-corrected chi connectivity index (χ3v) is 2.30. The number of hydrogen-bond donors (Lipinski definition) is 2. The van der Waals surface area contributed by atoms with Crippen molar-refractivity contribution in [3.8, 4) is 5.75 Å². The number of benzene rings is 1. The van der Waals surface area contributed by atoms with Crippen LogP contribution in [0.5, 0.6) is 5.75 Å². The van der Waals surface area contributed by atoms with Crippen LogP contribution < -0.4 is 5.73 Å². The van der Waals surface area contributed by atoms with Crippen LogP contribution in [0.15, 0.2) is 17.6 Å². The molecule has 72 valence electrons. The van der Waals surface area contributed by atoms with Crippen LogP contribution in [0, 0.1) is 0 Å². The van der Waals surface area contributed by atoms with E-state index in [0.29, 0.717) is 11.2 Å². The SMILES string of the molecule is Cl.Cl.Nc1ccc2scnc2c1O. The van der Waals surface area contributed by atoms with Crippen molar-refractivity contribution in [1.82, 2.24) is 4.98 Å². The third kappa shape index (κ3) is 1.96. The standard InChI is InChI=1S/C7H6N2OS.2ClH/c8-4-1-2-5-6(7(4)10)9-3-11-5;;/h1-3,10H,8H2;2*1H. The zero-order valence-electron chi connectivity index (χ0n) is 6.43. The van der Waals surface area contributed by atoms with Gasteiger partial charge in [0, 0.05) is 0 Å². The van der Waals surface area contributed by atoms with E-state index in [1.807, 2.05) is 6.07 Å². The second kappa shape index (κ2) is 4.50. The molecular weight excluding hydrogens is 231 g/mol. The van der Waals surface area contributed by atoms with E-state index in [2.05, 4.69) is 4.98 Å². The first-order valence-corrected chi connectivity index (χ1v) is 3.97. The Hall–Kier alpha value is -0.710. The van der Waals surface area contributed by atoms with Crippen molar-refractivity contribution in [1.29, 1.82) is 0 Å². The lowest BCUT2D eigenvalue weighted by atomic mass is 10.3. The molecule has 3 nitrogen and oxygen atoms in total. The molecule has 2 aromatic rings. The third-order valence-electron chi connectivity index (χ3n) is 1.51. The van der Waals surface area contributed by atoms with Crippen LogP contribution in [-0.4, -0.2) is 10.1 Å². The molecule has 0 saturated heterocycles. The normalized spacial score (nSPS) is 8.92. The average Bonchev–Trinajstić information content (AvgIpc) is 2.45. The predicted octanol–water partition coefficient (Wildman–Crippen LogP) is 2.43. The minimum Gasteiger partial charge on any atom is -0.504 e. The summed E-state index contributed by atoms with van der Waals surface area (Å²) in [6.07, 6.45) is 0. The second-order valence-electron chi connectivity index (χ2n) is 2.20. The van der Waals surface area contributed by atoms with Crippen LogP contribution in [0.25, 0.3) is 10.2 Å². The van der Waals surface area contributed by atoms with Crippen molar-refractivity contribution in [2.24, 2.45) is 0 Å². The Labute approximate surface area is 91.4 Å². The smallest absolute Gasteiger partial charge is 0.165 e. The quantitative estimate of drug-likeness (QED) is 0.548. The van der Waals surface area contributed by atoms with Crippen molar-refractivity contribution in [2.45, 2.75) is 0 Å². The largest absolute Gasteiger partial charge is 0.504 e. The number of phenols is 1. The molecule has 0 spiro atoms. The van der Waals surface area contributed by atoms with Crippen molar-refractivity contribution < 1.29 is 5.11 Å². The molecule has 1 aromatic carbocycles. The fourth-order valence-electron chi connectivity index (χ4n) is 0.932. The van der Waals surface area contributed by atoms with Gasteiger partial charge in [-0.1, -0.05) is 0 Å². The summed E-state index contributed by atoms with van der Waals surface area (Å²) in [6, 6.07) is 3.53. The number of nitrogens with two attached hydrogens (primary N) is 1. The highest BCUT2D eigenvalue weighted by atomic mass is 35.5. The highest BCUT2D eigenvalue weighted by Crippen LogP contribution is 2.31. The van der Waals surface area contributed by atoms with Crippen LogP contribution in [-0.2, 0) is 0 Å².